The predicted octanol–water partition coefficient (Wildman–Crippen LogP) is 3.81. The molecule has 6 atom stereocenters. The van der Waals surface area contributed by atoms with E-state index in [1.54, 1.807) is 35.3 Å². The first kappa shape index (κ1) is 58.7. The molecular formula is C41H74N2O15S3. The van der Waals surface area contributed by atoms with E-state index in [0.29, 0.717) is 56.3 Å². The zero-order chi connectivity index (χ0) is 45.8. The van der Waals surface area contributed by atoms with Crippen LogP contribution in [0.2, 0.25) is 0 Å². The average Bonchev–Trinajstić information content (AvgIpc) is 3.23. The van der Waals surface area contributed by atoms with Gasteiger partial charge in [-0.25, -0.2) is 28.8 Å². The Morgan fingerprint density at radius 1 is 0.557 bits per heavy atom. The second kappa shape index (κ2) is 38.2. The number of nitrogens with zero attached hydrogens (tertiary/aromatic N) is 1. The Labute approximate surface area is 375 Å². The number of hydrogen-bond acceptors (Lipinski definition) is 20. The Kier molecular flexibility index (Phi) is 36.7. The second-order valence-electron chi connectivity index (χ2n) is 13.8. The maximum absolute atomic E-state index is 13.5. The Morgan fingerprint density at radius 3 is 1.46 bits per heavy atom. The molecule has 0 aromatic carbocycles. The Hall–Kier alpha value is -2.33. The minimum atomic E-state index is -1.54. The fourth-order valence-corrected chi connectivity index (χ4v) is 7.77. The summed E-state index contributed by atoms with van der Waals surface area (Å²) in [5.74, 6) is -1.45. The van der Waals surface area contributed by atoms with Crippen LogP contribution in [0.4, 0.5) is 0 Å². The number of carbonyl (C=O) groups is 6. The molecule has 0 saturated heterocycles. The fraction of sp³-hybridized carbons (Fsp3) is 0.854. The third kappa shape index (κ3) is 29.6. The first-order chi connectivity index (χ1) is 29.2. The van der Waals surface area contributed by atoms with E-state index in [9.17, 15) is 33.9 Å². The van der Waals surface area contributed by atoms with Gasteiger partial charge in [-0.15, -0.1) is 0 Å². The molecule has 0 fully saturated rings. The minimum Gasteiger partial charge on any atom is -0.460 e. The summed E-state index contributed by atoms with van der Waals surface area (Å²) >= 11 is 4.95. The third-order valence-corrected chi connectivity index (χ3v) is 12.0. The van der Waals surface area contributed by atoms with Gasteiger partial charge in [-0.2, -0.15) is 35.3 Å². The number of carbonyl (C=O) groups excluding carboxylic acids is 6. The van der Waals surface area contributed by atoms with Gasteiger partial charge in [0.1, 0.15) is 12.7 Å². The van der Waals surface area contributed by atoms with Crippen molar-refractivity contribution in [3.8, 4) is 0 Å². The molecule has 17 nitrogen and oxygen atoms in total. The van der Waals surface area contributed by atoms with Crippen LogP contribution in [0.1, 0.15) is 92.9 Å². The highest BCUT2D eigenvalue weighted by Gasteiger charge is 2.35. The van der Waals surface area contributed by atoms with Gasteiger partial charge in [0.25, 0.3) is 0 Å². The van der Waals surface area contributed by atoms with Gasteiger partial charge in [0.05, 0.1) is 19.8 Å². The normalized spacial score (nSPS) is 14.3. The molecule has 0 aliphatic carbocycles. The molecule has 356 valence electrons. The fourth-order valence-electron chi connectivity index (χ4n) is 5.00. The van der Waals surface area contributed by atoms with Crippen molar-refractivity contribution in [2.24, 2.45) is 5.73 Å². The van der Waals surface area contributed by atoms with Gasteiger partial charge in [-0.05, 0) is 102 Å². The number of ether oxygens (including phenoxy) is 8. The topological polar surface area (TPSA) is 226 Å². The van der Waals surface area contributed by atoms with Crippen LogP contribution in [-0.4, -0.2) is 177 Å². The van der Waals surface area contributed by atoms with E-state index in [1.165, 1.54) is 27.9 Å². The summed E-state index contributed by atoms with van der Waals surface area (Å²) in [6, 6.07) is 0. The summed E-state index contributed by atoms with van der Waals surface area (Å²) in [6.07, 6.45) is -4.86. The van der Waals surface area contributed by atoms with Crippen molar-refractivity contribution in [2.75, 3.05) is 94.2 Å². The SMILES string of the molecule is CCCCSCCCC(OC(=O)C(C)OC(=O)C(CCCSCCN(CC)CC)OC(=O)C(C)OC(=O)C(CCCSCCN)OC(=O)C(C)O)C(=O)OCCOCCOC. The van der Waals surface area contributed by atoms with Gasteiger partial charge in [-0.3, -0.25) is 0 Å². The van der Waals surface area contributed by atoms with Gasteiger partial charge >= 0.3 is 35.8 Å². The van der Waals surface area contributed by atoms with Crippen molar-refractivity contribution in [1.82, 2.24) is 4.90 Å². The molecule has 20 heteroatoms. The van der Waals surface area contributed by atoms with Crippen LogP contribution >= 0.6 is 35.3 Å². The summed E-state index contributed by atoms with van der Waals surface area (Å²) < 4.78 is 42.6. The first-order valence-corrected chi connectivity index (χ1v) is 24.8. The highest BCUT2D eigenvalue weighted by Crippen LogP contribution is 2.17. The summed E-state index contributed by atoms with van der Waals surface area (Å²) in [5, 5.41) is 9.65. The number of rotatable bonds is 39. The van der Waals surface area contributed by atoms with E-state index < -0.39 is 72.4 Å². The molecule has 0 radical (unpaired) electrons. The molecule has 0 aromatic rings. The average molecular weight is 931 g/mol. The molecule has 0 bridgehead atoms. The van der Waals surface area contributed by atoms with Crippen LogP contribution in [0.15, 0.2) is 0 Å². The molecule has 3 N–H and O–H groups in total. The van der Waals surface area contributed by atoms with E-state index in [-0.39, 0.29) is 32.5 Å². The largest absolute Gasteiger partial charge is 0.460 e. The molecule has 0 aliphatic heterocycles. The van der Waals surface area contributed by atoms with Crippen LogP contribution in [-0.2, 0) is 66.7 Å². The smallest absolute Gasteiger partial charge is 0.348 e. The number of aliphatic hydroxyl groups is 1. The summed E-state index contributed by atoms with van der Waals surface area (Å²) in [4.78, 5) is 80.6. The zero-order valence-corrected chi connectivity index (χ0v) is 39.9. The Bertz CT molecular complexity index is 1220. The number of hydrogen-bond donors (Lipinski definition) is 2. The molecule has 0 aromatic heterocycles. The zero-order valence-electron chi connectivity index (χ0n) is 37.4. The van der Waals surface area contributed by atoms with Gasteiger partial charge in [-0.1, -0.05) is 27.2 Å². The van der Waals surface area contributed by atoms with Gasteiger partial charge in [0.15, 0.2) is 30.5 Å². The third-order valence-electron chi connectivity index (χ3n) is 8.67. The number of thioether (sulfide) groups is 3. The highest BCUT2D eigenvalue weighted by molar-refractivity contribution is 7.99. The van der Waals surface area contributed by atoms with Gasteiger partial charge < -0.3 is 53.6 Å². The van der Waals surface area contributed by atoms with Crippen molar-refractivity contribution < 1.29 is 71.8 Å². The number of aliphatic hydroxyl groups excluding tert-OH is 1. The van der Waals surface area contributed by atoms with Crippen LogP contribution in [0.5, 0.6) is 0 Å². The van der Waals surface area contributed by atoms with Gasteiger partial charge in [0.2, 0.25) is 0 Å². The van der Waals surface area contributed by atoms with Crippen molar-refractivity contribution in [2.45, 2.75) is 130 Å². The van der Waals surface area contributed by atoms with Crippen LogP contribution < -0.4 is 5.73 Å². The Morgan fingerprint density at radius 2 is 1.00 bits per heavy atom. The van der Waals surface area contributed by atoms with E-state index >= 15 is 0 Å². The Balaban J connectivity index is 5.82. The molecule has 61 heavy (non-hydrogen) atoms. The number of methoxy groups -OCH3 is 1. The molecule has 0 heterocycles. The number of esters is 6. The number of nitrogens with two attached hydrogens (primary N) is 1. The maximum Gasteiger partial charge on any atom is 0.348 e. The monoisotopic (exact) mass is 930 g/mol. The maximum atomic E-state index is 13.5. The quantitative estimate of drug-likeness (QED) is 0.0508. The lowest BCUT2D eigenvalue weighted by atomic mass is 10.2. The van der Waals surface area contributed by atoms with Crippen LogP contribution in [0.25, 0.3) is 0 Å². The molecule has 0 aliphatic rings. The summed E-state index contributed by atoms with van der Waals surface area (Å²) in [6.45, 7) is 13.9. The van der Waals surface area contributed by atoms with Gasteiger partial charge in [0, 0.05) is 31.7 Å². The van der Waals surface area contributed by atoms with Crippen LogP contribution in [0, 0.1) is 0 Å². The van der Waals surface area contributed by atoms with Crippen molar-refractivity contribution >= 4 is 71.1 Å². The molecule has 0 spiro atoms. The molecule has 0 saturated carbocycles. The predicted molar refractivity (Wildman–Crippen MR) is 238 cm³/mol. The molecule has 6 unspecified atom stereocenters. The van der Waals surface area contributed by atoms with Crippen LogP contribution in [0.3, 0.4) is 0 Å². The van der Waals surface area contributed by atoms with E-state index in [1.807, 2.05) is 0 Å². The van der Waals surface area contributed by atoms with E-state index in [2.05, 4.69) is 25.7 Å². The second-order valence-corrected chi connectivity index (χ2v) is 17.5. The van der Waals surface area contributed by atoms with Crippen molar-refractivity contribution in [3.63, 3.8) is 0 Å². The molecular weight excluding hydrogens is 857 g/mol. The minimum absolute atomic E-state index is 0.0253. The lowest BCUT2D eigenvalue weighted by Crippen LogP contribution is -2.40. The lowest BCUT2D eigenvalue weighted by Gasteiger charge is -2.23. The lowest BCUT2D eigenvalue weighted by molar-refractivity contribution is -0.189. The first-order valence-electron chi connectivity index (χ1n) is 21.3. The number of unbranched alkanes of at least 4 members (excludes halogenated alkanes) is 1. The van der Waals surface area contributed by atoms with E-state index in [4.69, 9.17) is 43.6 Å². The van der Waals surface area contributed by atoms with Crippen molar-refractivity contribution in [1.29, 1.82) is 0 Å². The molecule has 0 amide bonds. The molecule has 0 rings (SSSR count). The summed E-state index contributed by atoms with van der Waals surface area (Å²) in [7, 11) is 1.54. The van der Waals surface area contributed by atoms with E-state index in [0.717, 1.165) is 49.7 Å². The summed E-state index contributed by atoms with van der Waals surface area (Å²) in [5.41, 5.74) is 5.53. The standard InChI is InChI=1S/C41H74N2O15S3/c1-8-11-24-59-25-12-15-33(39(48)53-23-22-52-21-20-51-7)57-37(46)31(5)55-41(50)35(17-14-27-61-29-19-43(9-2)10-3)58-38(47)32(6)54-40(49)34(56-36(45)30(4)44)16-13-26-60-28-18-42/h30-35,44H,8-29,42H2,1-7H3. The van der Waals surface area contributed by atoms with Crippen molar-refractivity contribution in [3.05, 3.63) is 0 Å². The highest BCUT2D eigenvalue weighted by atomic mass is 32.2.